The van der Waals surface area contributed by atoms with E-state index in [1.165, 1.54) is 22.8 Å². The number of aromatic nitrogens is 3. The first-order valence-corrected chi connectivity index (χ1v) is 10.8. The van der Waals surface area contributed by atoms with Gasteiger partial charge in [0.1, 0.15) is 23.3 Å². The molecule has 10 heteroatoms. The van der Waals surface area contributed by atoms with E-state index in [1.54, 1.807) is 53.2 Å². The van der Waals surface area contributed by atoms with E-state index in [0.717, 1.165) is 11.3 Å². The number of nitrogens with zero attached hydrogens (tertiary/aromatic N) is 5. The third-order valence-corrected chi connectivity index (χ3v) is 6.98. The topological polar surface area (TPSA) is 109 Å². The van der Waals surface area contributed by atoms with E-state index < -0.39 is 10.0 Å². The Morgan fingerprint density at radius 2 is 1.73 bits per heavy atom. The molecule has 1 N–H and O–H groups in total. The number of phenolic OH excluding ortho intramolecular Hbond substituents is 1. The maximum atomic E-state index is 12.9. The summed E-state index contributed by atoms with van der Waals surface area (Å²) in [4.78, 5) is 18.2. The largest absolute Gasteiger partial charge is 0.507 e. The molecule has 156 valence electrons. The van der Waals surface area contributed by atoms with Gasteiger partial charge in [0.25, 0.3) is 5.91 Å². The van der Waals surface area contributed by atoms with Crippen molar-refractivity contribution in [2.24, 2.45) is 0 Å². The van der Waals surface area contributed by atoms with Crippen LogP contribution in [0.25, 0.3) is 5.69 Å². The van der Waals surface area contributed by atoms with Gasteiger partial charge in [-0.2, -0.15) is 9.40 Å². The van der Waals surface area contributed by atoms with Crippen molar-refractivity contribution in [3.05, 3.63) is 66.2 Å². The lowest BCUT2D eigenvalue weighted by Gasteiger charge is -2.34. The van der Waals surface area contributed by atoms with Crippen molar-refractivity contribution in [2.45, 2.75) is 11.8 Å². The van der Waals surface area contributed by atoms with Crippen molar-refractivity contribution >= 4 is 15.9 Å². The number of carbonyl (C=O) groups excluding carboxylic acids is 1. The summed E-state index contributed by atoms with van der Waals surface area (Å²) >= 11 is 0. The highest BCUT2D eigenvalue weighted by molar-refractivity contribution is 7.89. The van der Waals surface area contributed by atoms with Crippen LogP contribution in [0.2, 0.25) is 0 Å². The van der Waals surface area contributed by atoms with Crippen LogP contribution in [-0.4, -0.2) is 69.6 Å². The Bertz CT molecular complexity index is 1150. The van der Waals surface area contributed by atoms with Gasteiger partial charge in [0.15, 0.2) is 0 Å². The molecule has 0 unspecified atom stereocenters. The lowest BCUT2D eigenvalue weighted by molar-refractivity contribution is 0.0697. The van der Waals surface area contributed by atoms with Crippen LogP contribution in [0.5, 0.6) is 5.75 Å². The molecule has 2 aromatic carbocycles. The van der Waals surface area contributed by atoms with Crippen molar-refractivity contribution in [3.8, 4) is 11.4 Å². The zero-order valence-electron chi connectivity index (χ0n) is 16.3. The van der Waals surface area contributed by atoms with Gasteiger partial charge >= 0.3 is 0 Å². The van der Waals surface area contributed by atoms with E-state index in [2.05, 4.69) is 10.1 Å². The fraction of sp³-hybridized carbons (Fsp3) is 0.250. The Morgan fingerprint density at radius 1 is 1.03 bits per heavy atom. The predicted octanol–water partition coefficient (Wildman–Crippen LogP) is 1.43. The number of aryl methyl sites for hydroxylation is 1. The number of aromatic hydroxyl groups is 1. The van der Waals surface area contributed by atoms with Crippen LogP contribution in [0.4, 0.5) is 0 Å². The average Bonchev–Trinajstić information content (AvgIpc) is 3.30. The Kier molecular flexibility index (Phi) is 5.27. The number of piperazine rings is 1. The minimum absolute atomic E-state index is 0.106. The first-order chi connectivity index (χ1) is 14.4. The van der Waals surface area contributed by atoms with E-state index in [4.69, 9.17) is 0 Å². The van der Waals surface area contributed by atoms with E-state index >= 15 is 0 Å². The molecule has 0 atom stereocenters. The molecular weight excluding hydrogens is 406 g/mol. The van der Waals surface area contributed by atoms with Gasteiger partial charge in [0.05, 0.1) is 5.69 Å². The van der Waals surface area contributed by atoms with Gasteiger partial charge in [-0.1, -0.05) is 6.07 Å². The normalized spacial score (nSPS) is 15.3. The summed E-state index contributed by atoms with van der Waals surface area (Å²) in [6.45, 7) is 2.64. The van der Waals surface area contributed by atoms with Gasteiger partial charge in [-0.15, -0.1) is 0 Å². The van der Waals surface area contributed by atoms with Gasteiger partial charge in [-0.25, -0.2) is 18.1 Å². The SMILES string of the molecule is Cc1ccc(O)c(S(=O)(=O)N2CCN(C(=O)c3ccc(-n4cncn4)cc3)CC2)c1. The first-order valence-electron chi connectivity index (χ1n) is 9.40. The van der Waals surface area contributed by atoms with E-state index in [0.29, 0.717) is 5.56 Å². The van der Waals surface area contributed by atoms with Crippen molar-refractivity contribution in [3.63, 3.8) is 0 Å². The molecule has 1 amide bonds. The number of benzene rings is 2. The number of hydrogen-bond donors (Lipinski definition) is 1. The molecule has 1 aromatic heterocycles. The van der Waals surface area contributed by atoms with Crippen molar-refractivity contribution in [1.82, 2.24) is 24.0 Å². The molecule has 0 radical (unpaired) electrons. The minimum Gasteiger partial charge on any atom is -0.507 e. The van der Waals surface area contributed by atoms with Crippen LogP contribution in [0.1, 0.15) is 15.9 Å². The zero-order chi connectivity index (χ0) is 21.3. The lowest BCUT2D eigenvalue weighted by atomic mass is 10.1. The third-order valence-electron chi connectivity index (χ3n) is 5.06. The molecule has 30 heavy (non-hydrogen) atoms. The van der Waals surface area contributed by atoms with Crippen molar-refractivity contribution in [1.29, 1.82) is 0 Å². The van der Waals surface area contributed by atoms with Gasteiger partial charge in [0.2, 0.25) is 10.0 Å². The molecule has 0 spiro atoms. The predicted molar refractivity (Wildman–Crippen MR) is 109 cm³/mol. The number of phenols is 1. The standard InChI is InChI=1S/C20H21N5O4S/c1-15-2-7-18(26)19(12-15)30(28,29)24-10-8-23(9-11-24)20(27)16-3-5-17(6-4-16)25-14-21-13-22-25/h2-7,12-14,26H,8-11H2,1H3. The second-order valence-electron chi connectivity index (χ2n) is 7.05. The molecule has 1 saturated heterocycles. The van der Waals surface area contributed by atoms with E-state index in [-0.39, 0.29) is 42.7 Å². The fourth-order valence-corrected chi connectivity index (χ4v) is 4.97. The maximum Gasteiger partial charge on any atom is 0.253 e. The molecule has 0 bridgehead atoms. The maximum absolute atomic E-state index is 12.9. The Morgan fingerprint density at radius 3 is 2.37 bits per heavy atom. The first kappa shape index (κ1) is 20.0. The summed E-state index contributed by atoms with van der Waals surface area (Å²) in [7, 11) is -3.83. The quantitative estimate of drug-likeness (QED) is 0.675. The van der Waals surface area contributed by atoms with Gasteiger partial charge < -0.3 is 10.0 Å². The summed E-state index contributed by atoms with van der Waals surface area (Å²) in [5, 5.41) is 14.0. The summed E-state index contributed by atoms with van der Waals surface area (Å²) in [6, 6.07) is 11.5. The molecule has 9 nitrogen and oxygen atoms in total. The summed E-state index contributed by atoms with van der Waals surface area (Å²) in [6.07, 6.45) is 3.01. The number of rotatable bonds is 4. The lowest BCUT2D eigenvalue weighted by Crippen LogP contribution is -2.50. The fourth-order valence-electron chi connectivity index (χ4n) is 3.38. The van der Waals surface area contributed by atoms with Crippen molar-refractivity contribution < 1.29 is 18.3 Å². The number of amides is 1. The molecular formula is C20H21N5O4S. The van der Waals surface area contributed by atoms with E-state index in [1.807, 2.05) is 0 Å². The Hall–Kier alpha value is -3.24. The smallest absolute Gasteiger partial charge is 0.253 e. The average molecular weight is 427 g/mol. The van der Waals surface area contributed by atoms with E-state index in [9.17, 15) is 18.3 Å². The third kappa shape index (κ3) is 3.79. The Labute approximate surface area is 174 Å². The number of carbonyl (C=O) groups is 1. The highest BCUT2D eigenvalue weighted by Gasteiger charge is 2.32. The molecule has 4 rings (SSSR count). The van der Waals surface area contributed by atoms with Crippen molar-refractivity contribution in [2.75, 3.05) is 26.2 Å². The molecule has 0 aliphatic carbocycles. The van der Waals surface area contributed by atoms with Crippen LogP contribution in [-0.2, 0) is 10.0 Å². The number of hydrogen-bond acceptors (Lipinski definition) is 6. The monoisotopic (exact) mass is 427 g/mol. The molecule has 2 heterocycles. The Balaban J connectivity index is 1.44. The highest BCUT2D eigenvalue weighted by atomic mass is 32.2. The molecule has 1 aliphatic rings. The van der Waals surface area contributed by atoms with Crippen LogP contribution in [0.3, 0.4) is 0 Å². The van der Waals surface area contributed by atoms with Gasteiger partial charge in [-0.3, -0.25) is 4.79 Å². The zero-order valence-corrected chi connectivity index (χ0v) is 17.2. The van der Waals surface area contributed by atoms with Crippen LogP contribution < -0.4 is 0 Å². The highest BCUT2D eigenvalue weighted by Crippen LogP contribution is 2.27. The van der Waals surface area contributed by atoms with Gasteiger partial charge in [0, 0.05) is 31.7 Å². The second-order valence-corrected chi connectivity index (χ2v) is 8.96. The molecule has 3 aromatic rings. The summed E-state index contributed by atoms with van der Waals surface area (Å²) in [5.41, 5.74) is 2.05. The molecule has 0 saturated carbocycles. The van der Waals surface area contributed by atoms with Crippen LogP contribution >= 0.6 is 0 Å². The van der Waals surface area contributed by atoms with Gasteiger partial charge in [-0.05, 0) is 48.9 Å². The molecule has 1 fully saturated rings. The van der Waals surface area contributed by atoms with Crippen LogP contribution in [0, 0.1) is 6.92 Å². The summed E-state index contributed by atoms with van der Waals surface area (Å²) < 4.78 is 28.7. The van der Waals surface area contributed by atoms with Crippen LogP contribution in [0.15, 0.2) is 60.0 Å². The minimum atomic E-state index is -3.83. The molecule has 1 aliphatic heterocycles. The summed E-state index contributed by atoms with van der Waals surface area (Å²) in [5.74, 6) is -0.429. The number of sulfonamides is 1. The second kappa shape index (κ2) is 7.88.